The van der Waals surface area contributed by atoms with Gasteiger partial charge in [0.2, 0.25) is 0 Å². The molecule has 0 unspecified atom stereocenters. The molecule has 0 fully saturated rings. The Hall–Kier alpha value is -7.87. The van der Waals surface area contributed by atoms with E-state index in [0.717, 1.165) is 100 Å². The van der Waals surface area contributed by atoms with Crippen LogP contribution in [0.4, 0.5) is 13.2 Å². The van der Waals surface area contributed by atoms with E-state index >= 15 is 0 Å². The molecule has 0 amide bonds. The van der Waals surface area contributed by atoms with Gasteiger partial charge >= 0.3 is 6.18 Å². The molecule has 0 bridgehead atoms. The Morgan fingerprint density at radius 3 is 1.23 bits per heavy atom. The predicted octanol–water partition coefficient (Wildman–Crippen LogP) is 15.5. The Bertz CT molecular complexity index is 3450. The molecular weight excluding hydrogens is 798 g/mol. The van der Waals surface area contributed by atoms with Gasteiger partial charge in [-0.15, -0.1) is 0 Å². The third-order valence-electron chi connectivity index (χ3n) is 12.7. The second kappa shape index (κ2) is 14.9. The maximum absolute atomic E-state index is 14.9. The quantitative estimate of drug-likeness (QED) is 0.173. The largest absolute Gasteiger partial charge is 0.416 e. The lowest BCUT2D eigenvalue weighted by molar-refractivity contribution is -0.137. The normalized spacial score (nSPS) is 11.8. The zero-order chi connectivity index (χ0) is 44.8. The van der Waals surface area contributed by atoms with Gasteiger partial charge in [-0.1, -0.05) is 96.1 Å². The second-order valence-electron chi connectivity index (χ2n) is 17.1. The average Bonchev–Trinajstić information content (AvgIpc) is 3.77. The summed E-state index contributed by atoms with van der Waals surface area (Å²) < 4.78 is 48.9. The van der Waals surface area contributed by atoms with Gasteiger partial charge in [-0.05, 0) is 146 Å². The minimum absolute atomic E-state index is 0.129. The molecule has 0 spiro atoms. The lowest BCUT2D eigenvalue weighted by atomic mass is 9.93. The number of hydrogen-bond donors (Lipinski definition) is 0. The van der Waals surface area contributed by atoms with E-state index in [1.807, 2.05) is 54.6 Å². The molecule has 10 rings (SSSR count). The molecule has 0 aliphatic heterocycles. The first-order chi connectivity index (χ1) is 30.7. The zero-order valence-corrected chi connectivity index (χ0v) is 36.2. The van der Waals surface area contributed by atoms with E-state index in [9.17, 15) is 23.7 Å². The van der Waals surface area contributed by atoms with E-state index in [-0.39, 0.29) is 11.1 Å². The summed E-state index contributed by atoms with van der Waals surface area (Å²) in [5, 5.41) is 25.0. The molecule has 0 atom stereocenters. The van der Waals surface area contributed by atoms with Gasteiger partial charge in [-0.25, -0.2) is 0 Å². The summed E-state index contributed by atoms with van der Waals surface area (Å²) in [5.74, 6) is 0. The molecule has 10 aromatic rings. The number of rotatable bonds is 5. The number of halogens is 3. The Labute approximate surface area is 369 Å². The average molecular weight is 839 g/mol. The smallest absolute Gasteiger partial charge is 0.308 e. The topological polar surface area (TPSA) is 57.4 Å². The highest BCUT2D eigenvalue weighted by molar-refractivity contribution is 6.13. The fourth-order valence-corrected chi connectivity index (χ4v) is 10.4. The zero-order valence-electron chi connectivity index (χ0n) is 36.2. The third-order valence-corrected chi connectivity index (χ3v) is 12.7. The molecule has 2 aromatic heterocycles. The molecule has 310 valence electrons. The van der Waals surface area contributed by atoms with Crippen LogP contribution in [0, 0.1) is 64.2 Å². The fourth-order valence-electron chi connectivity index (χ4n) is 10.4. The van der Waals surface area contributed by atoms with Crippen LogP contribution >= 0.6 is 0 Å². The van der Waals surface area contributed by atoms with Crippen molar-refractivity contribution in [3.63, 3.8) is 0 Å². The highest BCUT2D eigenvalue weighted by Crippen LogP contribution is 2.46. The predicted molar refractivity (Wildman–Crippen MR) is 254 cm³/mol. The molecular formula is C57H41F3N4. The van der Waals surface area contributed by atoms with Crippen LogP contribution in [-0.4, -0.2) is 9.13 Å². The monoisotopic (exact) mass is 838 g/mol. The van der Waals surface area contributed by atoms with Crippen LogP contribution in [0.3, 0.4) is 0 Å². The van der Waals surface area contributed by atoms with Gasteiger partial charge in [-0.2, -0.15) is 23.7 Å². The van der Waals surface area contributed by atoms with Crippen molar-refractivity contribution in [1.29, 1.82) is 10.5 Å². The molecule has 0 saturated heterocycles. The number of aryl methyl sites for hydroxylation is 6. The summed E-state index contributed by atoms with van der Waals surface area (Å²) in [5.41, 5.74) is 15.2. The lowest BCUT2D eigenvalue weighted by Crippen LogP contribution is -2.08. The Kier molecular flexibility index (Phi) is 9.36. The summed E-state index contributed by atoms with van der Waals surface area (Å²) in [6.07, 6.45) is -4.74. The summed E-state index contributed by atoms with van der Waals surface area (Å²) in [7, 11) is 0. The van der Waals surface area contributed by atoms with Gasteiger partial charge < -0.3 is 9.13 Å². The first-order valence-electron chi connectivity index (χ1n) is 21.2. The molecule has 8 aromatic carbocycles. The number of para-hydroxylation sites is 2. The van der Waals surface area contributed by atoms with Crippen LogP contribution in [0.15, 0.2) is 140 Å². The molecule has 64 heavy (non-hydrogen) atoms. The number of fused-ring (bicyclic) bond motifs is 6. The SMILES string of the molecule is Cc1cc(C)c(-c2ccc3c4ccccc4n(-c4cc(C#N)cc(-n5c6ccccc6c6ccc(-c7c(C)cc(C)cc7C)cc65)c4-c4cc(C#N)cc(C(F)(F)F)c4)c3c2)c(C)c1. The van der Waals surface area contributed by atoms with Crippen LogP contribution < -0.4 is 0 Å². The maximum atomic E-state index is 14.9. The minimum atomic E-state index is -4.74. The number of nitriles is 2. The van der Waals surface area contributed by atoms with Crippen molar-refractivity contribution in [3.8, 4) is 56.9 Å². The van der Waals surface area contributed by atoms with Crippen LogP contribution in [-0.2, 0) is 6.18 Å². The molecule has 2 heterocycles. The van der Waals surface area contributed by atoms with E-state index in [0.29, 0.717) is 22.5 Å². The summed E-state index contributed by atoms with van der Waals surface area (Å²) in [6, 6.07) is 48.9. The Morgan fingerprint density at radius 1 is 0.406 bits per heavy atom. The van der Waals surface area contributed by atoms with E-state index in [4.69, 9.17) is 0 Å². The second-order valence-corrected chi connectivity index (χ2v) is 17.1. The molecule has 0 saturated carbocycles. The van der Waals surface area contributed by atoms with Crippen LogP contribution in [0.25, 0.3) is 88.4 Å². The summed E-state index contributed by atoms with van der Waals surface area (Å²) in [6.45, 7) is 12.6. The number of nitrogens with zero attached hydrogens (tertiary/aromatic N) is 4. The highest BCUT2D eigenvalue weighted by Gasteiger charge is 2.33. The van der Waals surface area contributed by atoms with Crippen molar-refractivity contribution in [3.05, 3.63) is 190 Å². The molecule has 0 aliphatic carbocycles. The number of hydrogen-bond acceptors (Lipinski definition) is 2. The van der Waals surface area contributed by atoms with Crippen LogP contribution in [0.1, 0.15) is 50.1 Å². The van der Waals surface area contributed by atoms with Crippen molar-refractivity contribution < 1.29 is 13.2 Å². The molecule has 0 radical (unpaired) electrons. The maximum Gasteiger partial charge on any atom is 0.416 e. The van der Waals surface area contributed by atoms with Gasteiger partial charge in [0.25, 0.3) is 0 Å². The lowest BCUT2D eigenvalue weighted by Gasteiger charge is -2.22. The van der Waals surface area contributed by atoms with Crippen molar-refractivity contribution in [1.82, 2.24) is 9.13 Å². The first kappa shape index (κ1) is 40.2. The van der Waals surface area contributed by atoms with Gasteiger partial charge in [0, 0.05) is 27.1 Å². The van der Waals surface area contributed by atoms with Crippen LogP contribution in [0.2, 0.25) is 0 Å². The molecule has 0 aliphatic rings. The van der Waals surface area contributed by atoms with E-state index in [2.05, 4.69) is 117 Å². The van der Waals surface area contributed by atoms with Gasteiger partial charge in [0.05, 0.1) is 62.3 Å². The van der Waals surface area contributed by atoms with Gasteiger partial charge in [0.1, 0.15) is 0 Å². The van der Waals surface area contributed by atoms with Gasteiger partial charge in [0.15, 0.2) is 0 Å². The fraction of sp³-hybridized carbons (Fsp3) is 0.123. The Balaban J connectivity index is 1.40. The number of benzene rings is 8. The first-order valence-corrected chi connectivity index (χ1v) is 21.2. The minimum Gasteiger partial charge on any atom is -0.308 e. The van der Waals surface area contributed by atoms with Gasteiger partial charge in [-0.3, -0.25) is 0 Å². The summed E-state index contributed by atoms with van der Waals surface area (Å²) >= 11 is 0. The highest BCUT2D eigenvalue weighted by atomic mass is 19.4. The standard InChI is InChI=1S/C57H41F3N4/c1-32-19-34(3)54(35(4)20-32)40-15-17-46-44-11-7-9-13-48(44)63(50(46)28-40)52-25-39(31-62)26-53(56(52)42-23-38(30-61)24-43(27-42)57(58,59)60)64-49-14-10-8-12-45(49)47-18-16-41(29-51(47)64)55-36(5)21-33(2)22-37(55)6/h7-29H,1-6H3. The van der Waals surface area contributed by atoms with Crippen molar-refractivity contribution in [2.45, 2.75) is 47.7 Å². The molecule has 0 N–H and O–H groups in total. The van der Waals surface area contributed by atoms with Crippen molar-refractivity contribution >= 4 is 43.6 Å². The Morgan fingerprint density at radius 2 is 0.812 bits per heavy atom. The summed E-state index contributed by atoms with van der Waals surface area (Å²) in [4.78, 5) is 0. The molecule has 7 heteroatoms. The van der Waals surface area contributed by atoms with Crippen molar-refractivity contribution in [2.75, 3.05) is 0 Å². The van der Waals surface area contributed by atoms with Crippen LogP contribution in [0.5, 0.6) is 0 Å². The molecule has 4 nitrogen and oxygen atoms in total. The van der Waals surface area contributed by atoms with E-state index in [1.165, 1.54) is 17.2 Å². The van der Waals surface area contributed by atoms with E-state index < -0.39 is 11.7 Å². The third kappa shape index (κ3) is 6.43. The van der Waals surface area contributed by atoms with Crippen molar-refractivity contribution in [2.24, 2.45) is 0 Å². The number of alkyl halides is 3. The van der Waals surface area contributed by atoms with E-state index in [1.54, 1.807) is 12.1 Å². The number of aromatic nitrogens is 2.